The zero-order valence-electron chi connectivity index (χ0n) is 18.1. The predicted molar refractivity (Wildman–Crippen MR) is 122 cm³/mol. The molecule has 0 radical (unpaired) electrons. The molecule has 0 unspecified atom stereocenters. The van der Waals surface area contributed by atoms with Crippen LogP contribution in [-0.4, -0.2) is 32.3 Å². The van der Waals surface area contributed by atoms with Crippen LogP contribution in [0.5, 0.6) is 17.2 Å². The summed E-state index contributed by atoms with van der Waals surface area (Å²) < 4.78 is 16.0. The molecule has 0 aromatic heterocycles. The number of aryl methyl sites for hydroxylation is 1. The van der Waals surface area contributed by atoms with Crippen LogP contribution in [-0.2, 0) is 11.2 Å². The second kappa shape index (κ2) is 10.8. The molecule has 0 heterocycles. The number of nitrogens with one attached hydrogen (secondary N) is 1. The molecule has 0 fully saturated rings. The second-order valence-electron chi connectivity index (χ2n) is 6.96. The highest BCUT2D eigenvalue weighted by Gasteiger charge is 2.16. The number of benzene rings is 3. The smallest absolute Gasteiger partial charge is 0.347 e. The first-order valence-corrected chi connectivity index (χ1v) is 9.91. The van der Waals surface area contributed by atoms with E-state index in [-0.39, 0.29) is 18.1 Å². The van der Waals surface area contributed by atoms with Gasteiger partial charge in [0.05, 0.1) is 26.9 Å². The van der Waals surface area contributed by atoms with E-state index < -0.39 is 5.97 Å². The zero-order chi connectivity index (χ0) is 22.9. The van der Waals surface area contributed by atoms with E-state index in [4.69, 9.17) is 14.2 Å². The maximum atomic E-state index is 12.5. The van der Waals surface area contributed by atoms with E-state index in [1.807, 2.05) is 31.2 Å². The van der Waals surface area contributed by atoms with E-state index >= 15 is 0 Å². The fourth-order valence-electron chi connectivity index (χ4n) is 2.93. The molecular formula is C25H24N2O5. The lowest BCUT2D eigenvalue weighted by Crippen LogP contribution is -2.19. The highest BCUT2D eigenvalue weighted by Crippen LogP contribution is 2.29. The Morgan fingerprint density at radius 1 is 0.906 bits per heavy atom. The van der Waals surface area contributed by atoms with Gasteiger partial charge >= 0.3 is 5.97 Å². The van der Waals surface area contributed by atoms with Crippen LogP contribution in [0.15, 0.2) is 71.8 Å². The van der Waals surface area contributed by atoms with Crippen molar-refractivity contribution in [3.05, 3.63) is 89.0 Å². The third-order valence-corrected chi connectivity index (χ3v) is 4.61. The Balaban J connectivity index is 1.63. The first-order valence-electron chi connectivity index (χ1n) is 9.91. The van der Waals surface area contributed by atoms with Crippen LogP contribution >= 0.6 is 0 Å². The van der Waals surface area contributed by atoms with Gasteiger partial charge in [0, 0.05) is 0 Å². The summed E-state index contributed by atoms with van der Waals surface area (Å²) in [6, 6.07) is 19.5. The summed E-state index contributed by atoms with van der Waals surface area (Å²) in [6.07, 6.45) is 1.72. The van der Waals surface area contributed by atoms with E-state index in [1.54, 1.807) is 42.5 Å². The summed E-state index contributed by atoms with van der Waals surface area (Å²) in [4.78, 5) is 24.6. The number of carbonyl (C=O) groups is 2. The summed E-state index contributed by atoms with van der Waals surface area (Å²) in [5.74, 6) is 0.235. The van der Waals surface area contributed by atoms with Crippen LogP contribution in [0.1, 0.15) is 27.0 Å². The molecule has 0 bridgehead atoms. The molecule has 7 heteroatoms. The van der Waals surface area contributed by atoms with Gasteiger partial charge in [-0.3, -0.25) is 4.79 Å². The van der Waals surface area contributed by atoms with Crippen LogP contribution in [0, 0.1) is 6.92 Å². The number of amides is 1. The average molecular weight is 432 g/mol. The third kappa shape index (κ3) is 5.95. The number of hydrazone groups is 1. The molecule has 0 spiro atoms. The quantitative estimate of drug-likeness (QED) is 0.252. The maximum absolute atomic E-state index is 12.5. The molecule has 0 atom stereocenters. The van der Waals surface area contributed by atoms with E-state index in [0.717, 1.165) is 11.1 Å². The average Bonchev–Trinajstić information content (AvgIpc) is 2.81. The Morgan fingerprint density at radius 2 is 1.62 bits per heavy atom. The van der Waals surface area contributed by atoms with E-state index in [1.165, 1.54) is 20.4 Å². The van der Waals surface area contributed by atoms with Gasteiger partial charge < -0.3 is 14.2 Å². The Kier molecular flexibility index (Phi) is 7.59. The third-order valence-electron chi connectivity index (χ3n) is 4.61. The fourth-order valence-corrected chi connectivity index (χ4v) is 2.93. The fraction of sp³-hybridized carbons (Fsp3) is 0.160. The monoisotopic (exact) mass is 432 g/mol. The van der Waals surface area contributed by atoms with Gasteiger partial charge in [0.1, 0.15) is 11.3 Å². The van der Waals surface area contributed by atoms with Gasteiger partial charge in [-0.05, 0) is 48.4 Å². The summed E-state index contributed by atoms with van der Waals surface area (Å²) in [7, 11) is 2.96. The van der Waals surface area contributed by atoms with Crippen molar-refractivity contribution in [2.24, 2.45) is 5.10 Å². The van der Waals surface area contributed by atoms with Gasteiger partial charge in [-0.2, -0.15) is 5.10 Å². The number of esters is 1. The minimum Gasteiger partial charge on any atom is -0.496 e. The molecule has 0 aliphatic rings. The molecule has 3 rings (SSSR count). The molecule has 3 aromatic rings. The number of hydrogen-bond donors (Lipinski definition) is 1. The van der Waals surface area contributed by atoms with Crippen LogP contribution < -0.4 is 19.6 Å². The Morgan fingerprint density at radius 3 is 2.34 bits per heavy atom. The molecule has 3 aromatic carbocycles. The molecule has 164 valence electrons. The molecule has 32 heavy (non-hydrogen) atoms. The van der Waals surface area contributed by atoms with Gasteiger partial charge in [0.25, 0.3) is 0 Å². The minimum atomic E-state index is -0.564. The number of methoxy groups -OCH3 is 2. The number of nitrogens with zero attached hydrogens (tertiary/aromatic N) is 1. The van der Waals surface area contributed by atoms with Crippen LogP contribution in [0.4, 0.5) is 0 Å². The van der Waals surface area contributed by atoms with Crippen molar-refractivity contribution in [1.82, 2.24) is 5.43 Å². The highest BCUT2D eigenvalue weighted by molar-refractivity contribution is 5.94. The van der Waals surface area contributed by atoms with Crippen molar-refractivity contribution in [1.29, 1.82) is 0 Å². The standard InChI is InChI=1S/C25H24N2O5/c1-17-8-10-18(11-9-17)15-24(28)27-26-16-19-12-13-22(23(14-19)31-3)32-25(29)20-6-4-5-7-21(20)30-2/h4-14,16H,15H2,1-3H3,(H,27,28)/b26-16-. The molecule has 0 aliphatic carbocycles. The van der Waals surface area contributed by atoms with Crippen molar-refractivity contribution in [2.45, 2.75) is 13.3 Å². The normalized spacial score (nSPS) is 10.6. The van der Waals surface area contributed by atoms with Gasteiger partial charge in [0.2, 0.25) is 5.91 Å². The Hall–Kier alpha value is -4.13. The first kappa shape index (κ1) is 22.6. The minimum absolute atomic E-state index is 0.223. The van der Waals surface area contributed by atoms with Gasteiger partial charge in [-0.25, -0.2) is 10.2 Å². The highest BCUT2D eigenvalue weighted by atomic mass is 16.6. The van der Waals surface area contributed by atoms with E-state index in [0.29, 0.717) is 22.6 Å². The zero-order valence-corrected chi connectivity index (χ0v) is 18.1. The lowest BCUT2D eigenvalue weighted by Gasteiger charge is -2.11. The summed E-state index contributed by atoms with van der Waals surface area (Å²) in [5.41, 5.74) is 5.52. The van der Waals surface area contributed by atoms with E-state index in [9.17, 15) is 9.59 Å². The van der Waals surface area contributed by atoms with Crippen molar-refractivity contribution in [3.8, 4) is 17.2 Å². The van der Waals surface area contributed by atoms with Gasteiger partial charge in [-0.1, -0.05) is 42.0 Å². The second-order valence-corrected chi connectivity index (χ2v) is 6.96. The summed E-state index contributed by atoms with van der Waals surface area (Å²) in [6.45, 7) is 1.99. The summed E-state index contributed by atoms with van der Waals surface area (Å²) >= 11 is 0. The van der Waals surface area contributed by atoms with Crippen molar-refractivity contribution >= 4 is 18.1 Å². The maximum Gasteiger partial charge on any atom is 0.347 e. The number of carbonyl (C=O) groups excluding carboxylic acids is 2. The van der Waals surface area contributed by atoms with Crippen LogP contribution in [0.2, 0.25) is 0 Å². The topological polar surface area (TPSA) is 86.2 Å². The SMILES string of the molecule is COc1cc(/C=N\NC(=O)Cc2ccc(C)cc2)ccc1OC(=O)c1ccccc1OC. The Labute approximate surface area is 186 Å². The predicted octanol–water partition coefficient (Wildman–Crippen LogP) is 3.92. The molecule has 0 aliphatic heterocycles. The largest absolute Gasteiger partial charge is 0.496 e. The van der Waals surface area contributed by atoms with Crippen LogP contribution in [0.25, 0.3) is 0 Å². The van der Waals surface area contributed by atoms with Crippen molar-refractivity contribution in [3.63, 3.8) is 0 Å². The molecule has 7 nitrogen and oxygen atoms in total. The van der Waals surface area contributed by atoms with E-state index in [2.05, 4.69) is 10.5 Å². The van der Waals surface area contributed by atoms with Crippen molar-refractivity contribution < 1.29 is 23.8 Å². The van der Waals surface area contributed by atoms with Crippen molar-refractivity contribution in [2.75, 3.05) is 14.2 Å². The number of ether oxygens (including phenoxy) is 3. The molecule has 0 saturated carbocycles. The lowest BCUT2D eigenvalue weighted by atomic mass is 10.1. The number of para-hydroxylation sites is 1. The number of hydrogen-bond acceptors (Lipinski definition) is 6. The van der Waals surface area contributed by atoms with Gasteiger partial charge in [0.15, 0.2) is 11.5 Å². The molecular weight excluding hydrogens is 408 g/mol. The Bertz CT molecular complexity index is 1120. The lowest BCUT2D eigenvalue weighted by molar-refractivity contribution is -0.120. The molecule has 1 N–H and O–H groups in total. The first-order chi connectivity index (χ1) is 15.5. The van der Waals surface area contributed by atoms with Crippen LogP contribution in [0.3, 0.4) is 0 Å². The summed E-state index contributed by atoms with van der Waals surface area (Å²) in [5, 5.41) is 3.99. The van der Waals surface area contributed by atoms with Gasteiger partial charge in [-0.15, -0.1) is 0 Å². The number of rotatable bonds is 8. The molecule has 0 saturated heterocycles. The molecule has 1 amide bonds.